The van der Waals surface area contributed by atoms with Gasteiger partial charge in [-0.05, 0) is 31.9 Å². The van der Waals surface area contributed by atoms with Crippen LogP contribution in [0.25, 0.3) is 0 Å². The topological polar surface area (TPSA) is 89.0 Å². The molecule has 1 aliphatic carbocycles. The summed E-state index contributed by atoms with van der Waals surface area (Å²) in [6.07, 6.45) is 2.96. The molecule has 3 rings (SSSR count). The molecule has 0 spiro atoms. The van der Waals surface area contributed by atoms with E-state index in [0.717, 1.165) is 0 Å². The minimum atomic E-state index is -1.17. The summed E-state index contributed by atoms with van der Waals surface area (Å²) in [7, 11) is 1.36. The molecule has 1 aromatic carbocycles. The first-order valence-corrected chi connectivity index (χ1v) is 8.25. The number of rotatable bonds is 5. The number of halogens is 1. The lowest BCUT2D eigenvalue weighted by Crippen LogP contribution is -2.48. The fourth-order valence-electron chi connectivity index (χ4n) is 2.99. The predicted octanol–water partition coefficient (Wildman–Crippen LogP) is 1.59. The maximum Gasteiger partial charge on any atom is 0.270 e. The van der Waals surface area contributed by atoms with Gasteiger partial charge in [0.05, 0.1) is 12.8 Å². The van der Waals surface area contributed by atoms with Crippen LogP contribution in [0.2, 0.25) is 0 Å². The quantitative estimate of drug-likeness (QED) is 0.780. The number of hydrogen-bond acceptors (Lipinski definition) is 5. The molecular formula is C18H20FN3O4. The molecule has 2 N–H and O–H groups in total. The van der Waals surface area contributed by atoms with Crippen LogP contribution in [0.15, 0.2) is 41.1 Å². The van der Waals surface area contributed by atoms with Gasteiger partial charge in [0, 0.05) is 23.6 Å². The molecule has 2 aliphatic rings. The van der Waals surface area contributed by atoms with E-state index >= 15 is 0 Å². The second-order valence-electron chi connectivity index (χ2n) is 6.52. The van der Waals surface area contributed by atoms with Crippen LogP contribution in [-0.2, 0) is 19.3 Å². The minimum Gasteiger partial charge on any atom is -0.379 e. The van der Waals surface area contributed by atoms with E-state index in [1.54, 1.807) is 25.1 Å². The summed E-state index contributed by atoms with van der Waals surface area (Å²) in [4.78, 5) is 34.3. The first-order valence-electron chi connectivity index (χ1n) is 8.25. The van der Waals surface area contributed by atoms with E-state index in [9.17, 15) is 14.0 Å². The average Bonchev–Trinajstić information content (AvgIpc) is 3.23. The Balaban J connectivity index is 1.57. The highest BCUT2D eigenvalue weighted by Gasteiger charge is 2.43. The van der Waals surface area contributed by atoms with Crippen LogP contribution in [0.4, 0.5) is 4.39 Å². The fourth-order valence-corrected chi connectivity index (χ4v) is 2.99. The minimum absolute atomic E-state index is 0.196. The number of amides is 2. The molecule has 0 radical (unpaired) electrons. The molecule has 0 unspecified atom stereocenters. The molecule has 0 saturated carbocycles. The van der Waals surface area contributed by atoms with Gasteiger partial charge >= 0.3 is 0 Å². The van der Waals surface area contributed by atoms with Crippen LogP contribution in [0.3, 0.4) is 0 Å². The zero-order valence-corrected chi connectivity index (χ0v) is 14.5. The molecule has 0 aromatic heterocycles. The normalized spacial score (nSPS) is 24.5. The second-order valence-corrected chi connectivity index (χ2v) is 6.52. The van der Waals surface area contributed by atoms with E-state index in [4.69, 9.17) is 4.84 Å². The Morgan fingerprint density at radius 3 is 2.96 bits per heavy atom. The standard InChI is InChI=1S/C18H20FN3O4/c1-18(10-15(21-26-18)11-4-3-5-13(19)8-11)17(24)20-14-7-6-12(9-14)16(23)22-25-2/h3-6,8,14H,7,9-10H2,1-2H3,(H,20,24)(H,22,23)/t14-,18+/m1/s1. The van der Waals surface area contributed by atoms with Crippen LogP contribution in [-0.4, -0.2) is 36.3 Å². The van der Waals surface area contributed by atoms with Crippen molar-refractivity contribution < 1.29 is 23.7 Å². The lowest BCUT2D eigenvalue weighted by Gasteiger charge is -2.23. The highest BCUT2D eigenvalue weighted by molar-refractivity contribution is 6.05. The van der Waals surface area contributed by atoms with E-state index in [1.807, 2.05) is 0 Å². The Bertz CT molecular complexity index is 792. The lowest BCUT2D eigenvalue weighted by molar-refractivity contribution is -0.142. The van der Waals surface area contributed by atoms with Crippen molar-refractivity contribution >= 4 is 17.5 Å². The third-order valence-corrected chi connectivity index (χ3v) is 4.44. The summed E-state index contributed by atoms with van der Waals surface area (Å²) in [5.41, 5.74) is 2.76. The summed E-state index contributed by atoms with van der Waals surface area (Å²) < 4.78 is 13.4. The number of nitrogens with one attached hydrogen (secondary N) is 2. The highest BCUT2D eigenvalue weighted by atomic mass is 19.1. The van der Waals surface area contributed by atoms with Crippen LogP contribution in [0.5, 0.6) is 0 Å². The summed E-state index contributed by atoms with van der Waals surface area (Å²) in [5, 5.41) is 6.85. The van der Waals surface area contributed by atoms with Gasteiger partial charge in [-0.25, -0.2) is 9.87 Å². The van der Waals surface area contributed by atoms with Crippen LogP contribution < -0.4 is 10.8 Å². The third kappa shape index (κ3) is 3.75. The van der Waals surface area contributed by atoms with Crippen molar-refractivity contribution in [3.05, 3.63) is 47.3 Å². The summed E-state index contributed by atoms with van der Waals surface area (Å²) >= 11 is 0. The zero-order chi connectivity index (χ0) is 18.7. The zero-order valence-electron chi connectivity index (χ0n) is 14.5. The number of oxime groups is 1. The first kappa shape index (κ1) is 18.1. The van der Waals surface area contributed by atoms with E-state index < -0.39 is 5.60 Å². The average molecular weight is 361 g/mol. The Morgan fingerprint density at radius 1 is 1.42 bits per heavy atom. The molecule has 2 atom stereocenters. The lowest BCUT2D eigenvalue weighted by atomic mass is 9.94. The van der Waals surface area contributed by atoms with Crippen LogP contribution >= 0.6 is 0 Å². The smallest absolute Gasteiger partial charge is 0.270 e. The van der Waals surface area contributed by atoms with Crippen molar-refractivity contribution in [3.8, 4) is 0 Å². The monoisotopic (exact) mass is 361 g/mol. The number of hydrogen-bond donors (Lipinski definition) is 2. The van der Waals surface area contributed by atoms with E-state index in [0.29, 0.717) is 29.7 Å². The molecule has 1 aliphatic heterocycles. The van der Waals surface area contributed by atoms with Crippen molar-refractivity contribution in [2.24, 2.45) is 5.16 Å². The summed E-state index contributed by atoms with van der Waals surface area (Å²) in [5.74, 6) is -1.01. The number of carbonyl (C=O) groups excluding carboxylic acids is 2. The first-order chi connectivity index (χ1) is 12.4. The predicted molar refractivity (Wildman–Crippen MR) is 91.4 cm³/mol. The van der Waals surface area contributed by atoms with E-state index in [1.165, 1.54) is 19.2 Å². The number of hydroxylamine groups is 1. The van der Waals surface area contributed by atoms with Crippen molar-refractivity contribution in [3.63, 3.8) is 0 Å². The Labute approximate surface area is 150 Å². The summed E-state index contributed by atoms with van der Waals surface area (Å²) in [6.45, 7) is 1.64. The van der Waals surface area contributed by atoms with Gasteiger partial charge in [0.25, 0.3) is 11.8 Å². The Hall–Kier alpha value is -2.74. The number of carbonyl (C=O) groups is 2. The molecule has 0 bridgehead atoms. The van der Waals surface area contributed by atoms with Crippen molar-refractivity contribution in [1.29, 1.82) is 0 Å². The third-order valence-electron chi connectivity index (χ3n) is 4.44. The second kappa shape index (κ2) is 7.25. The van der Waals surface area contributed by atoms with Gasteiger partial charge in [-0.1, -0.05) is 23.4 Å². The van der Waals surface area contributed by atoms with E-state index in [-0.39, 0.29) is 30.1 Å². The molecule has 8 heteroatoms. The fraction of sp³-hybridized carbons (Fsp3) is 0.389. The van der Waals surface area contributed by atoms with Gasteiger partial charge in [-0.3, -0.25) is 14.4 Å². The van der Waals surface area contributed by atoms with Crippen LogP contribution in [0, 0.1) is 5.82 Å². The SMILES string of the molecule is CONC(=O)C1=CC[C@@H](NC(=O)[C@]2(C)CC(c3cccc(F)c3)=NO2)C1. The highest BCUT2D eigenvalue weighted by Crippen LogP contribution is 2.28. The molecular weight excluding hydrogens is 341 g/mol. The van der Waals surface area contributed by atoms with Crippen molar-refractivity contribution in [1.82, 2.24) is 10.8 Å². The van der Waals surface area contributed by atoms with Gasteiger partial charge in [-0.15, -0.1) is 0 Å². The van der Waals surface area contributed by atoms with Crippen molar-refractivity contribution in [2.75, 3.05) is 7.11 Å². The molecule has 0 fully saturated rings. The molecule has 138 valence electrons. The van der Waals surface area contributed by atoms with Gasteiger partial charge in [0.1, 0.15) is 5.82 Å². The Kier molecular flexibility index (Phi) is 5.03. The van der Waals surface area contributed by atoms with Gasteiger partial charge in [0.15, 0.2) is 0 Å². The van der Waals surface area contributed by atoms with Crippen LogP contribution in [0.1, 0.15) is 31.7 Å². The molecule has 1 aromatic rings. The largest absolute Gasteiger partial charge is 0.379 e. The molecule has 7 nitrogen and oxygen atoms in total. The van der Waals surface area contributed by atoms with Gasteiger partial charge < -0.3 is 10.2 Å². The number of nitrogens with zero attached hydrogens (tertiary/aromatic N) is 1. The Morgan fingerprint density at radius 2 is 2.23 bits per heavy atom. The van der Waals surface area contributed by atoms with Crippen molar-refractivity contribution in [2.45, 2.75) is 37.8 Å². The molecule has 0 saturated heterocycles. The molecule has 26 heavy (non-hydrogen) atoms. The molecule has 1 heterocycles. The maximum atomic E-state index is 13.4. The maximum absolute atomic E-state index is 13.4. The van der Waals surface area contributed by atoms with E-state index in [2.05, 4.69) is 20.8 Å². The van der Waals surface area contributed by atoms with Gasteiger partial charge in [0.2, 0.25) is 5.60 Å². The summed E-state index contributed by atoms with van der Waals surface area (Å²) in [6, 6.07) is 5.80. The number of benzene rings is 1. The molecule has 2 amide bonds. The van der Waals surface area contributed by atoms with Gasteiger partial charge in [-0.2, -0.15) is 0 Å².